The fourth-order valence-electron chi connectivity index (χ4n) is 1.98. The van der Waals surface area contributed by atoms with Crippen LogP contribution in [0.25, 0.3) is 0 Å². The van der Waals surface area contributed by atoms with Gasteiger partial charge in [0.1, 0.15) is 6.10 Å². The zero-order chi connectivity index (χ0) is 19.8. The second-order valence-electron chi connectivity index (χ2n) is 5.64. The van der Waals surface area contributed by atoms with E-state index in [9.17, 15) is 9.90 Å². The van der Waals surface area contributed by atoms with Crippen LogP contribution in [-0.4, -0.2) is 55.3 Å². The first-order valence-electron chi connectivity index (χ1n) is 7.88. The molecular weight excluding hydrogens is 390 g/mol. The molecule has 0 spiro atoms. The minimum Gasteiger partial charge on any atom is -0.386 e. The number of thioether (sulfide) groups is 1. The maximum Gasteiger partial charge on any atom is 0.227 e. The summed E-state index contributed by atoms with van der Waals surface area (Å²) in [6, 6.07) is 6.92. The molecule has 9 nitrogen and oxygen atoms in total. The number of aliphatic hydroxyl groups excluding tert-OH is 1. The van der Waals surface area contributed by atoms with E-state index in [1.807, 2.05) is 0 Å². The van der Waals surface area contributed by atoms with Gasteiger partial charge in [-0.1, -0.05) is 42.1 Å². The van der Waals surface area contributed by atoms with Crippen molar-refractivity contribution in [1.29, 1.82) is 0 Å². The Balaban J connectivity index is 1.85. The minimum absolute atomic E-state index is 0.131. The van der Waals surface area contributed by atoms with E-state index in [0.717, 1.165) is 5.56 Å². The van der Waals surface area contributed by atoms with Crippen molar-refractivity contribution in [1.82, 2.24) is 25.1 Å². The van der Waals surface area contributed by atoms with Crippen molar-refractivity contribution in [3.63, 3.8) is 0 Å². The van der Waals surface area contributed by atoms with Crippen molar-refractivity contribution in [3.8, 4) is 0 Å². The van der Waals surface area contributed by atoms with Crippen molar-refractivity contribution in [2.75, 3.05) is 12.8 Å². The second kappa shape index (κ2) is 10.0. The summed E-state index contributed by atoms with van der Waals surface area (Å²) < 4.78 is 0. The molecule has 1 heterocycles. The zero-order valence-electron chi connectivity index (χ0n) is 14.7. The smallest absolute Gasteiger partial charge is 0.227 e. The van der Waals surface area contributed by atoms with E-state index in [1.165, 1.54) is 16.6 Å². The summed E-state index contributed by atoms with van der Waals surface area (Å²) in [5, 5.41) is 23.5. The van der Waals surface area contributed by atoms with Gasteiger partial charge in [0.15, 0.2) is 5.82 Å². The predicted octanol–water partition coefficient (Wildman–Crippen LogP) is 1.21. The van der Waals surface area contributed by atoms with E-state index in [1.54, 1.807) is 42.6 Å². The molecule has 0 radical (unpaired) electrons. The molecule has 0 saturated carbocycles. The molecule has 0 saturated heterocycles. The molecule has 0 aliphatic rings. The topological polar surface area (TPSA) is 123 Å². The van der Waals surface area contributed by atoms with Gasteiger partial charge >= 0.3 is 0 Å². The molecule has 3 N–H and O–H groups in total. The summed E-state index contributed by atoms with van der Waals surface area (Å²) in [6.07, 6.45) is 0.786. The summed E-state index contributed by atoms with van der Waals surface area (Å²) >= 11 is 7.01. The molecule has 0 aliphatic carbocycles. The SMILES string of the molecule is C=C(N=CN(C)Cc1nnn(C[C@H](O)c2ccc(Cl)cc2)n1)SCC(N)=O. The average molecular weight is 410 g/mol. The number of halogens is 1. The number of benzene rings is 1. The lowest BCUT2D eigenvalue weighted by Crippen LogP contribution is -2.17. The standard InChI is InChI=1S/C16H20ClN7O2S/c1-11(27-9-15(18)26)19-10-23(2)8-16-20-22-24(21-16)7-14(25)12-3-5-13(17)6-4-12/h3-6,10,14,25H,1,7-9H2,2H3,(H2,18,26)/t14-/m0/s1. The number of carbonyl (C=O) groups excluding carboxylic acids is 1. The number of tetrazole rings is 1. The lowest BCUT2D eigenvalue weighted by molar-refractivity contribution is -0.115. The fraction of sp³-hybridized carbons (Fsp3) is 0.312. The van der Waals surface area contributed by atoms with Gasteiger partial charge in [-0.3, -0.25) is 4.79 Å². The van der Waals surface area contributed by atoms with E-state index in [2.05, 4.69) is 27.0 Å². The van der Waals surface area contributed by atoms with Crippen LogP contribution in [-0.2, 0) is 17.9 Å². The van der Waals surface area contributed by atoms with Gasteiger partial charge in [-0.2, -0.15) is 4.80 Å². The number of hydrogen-bond donors (Lipinski definition) is 2. The largest absolute Gasteiger partial charge is 0.386 e. The van der Waals surface area contributed by atoms with Crippen LogP contribution in [0.4, 0.5) is 0 Å². The number of amides is 1. The first-order valence-corrected chi connectivity index (χ1v) is 9.24. The van der Waals surface area contributed by atoms with Gasteiger partial charge in [-0.25, -0.2) is 4.99 Å². The third-order valence-electron chi connectivity index (χ3n) is 3.26. The summed E-state index contributed by atoms with van der Waals surface area (Å²) in [5.41, 5.74) is 5.78. The van der Waals surface area contributed by atoms with Crippen LogP contribution >= 0.6 is 23.4 Å². The number of aliphatic imine (C=N–C) groups is 1. The molecule has 0 bridgehead atoms. The van der Waals surface area contributed by atoms with Gasteiger partial charge in [0.2, 0.25) is 5.91 Å². The fourth-order valence-corrected chi connectivity index (χ4v) is 2.54. The molecule has 0 aliphatic heterocycles. The van der Waals surface area contributed by atoms with Crippen LogP contribution in [0.5, 0.6) is 0 Å². The Morgan fingerprint density at radius 3 is 2.89 bits per heavy atom. The molecule has 1 aromatic heterocycles. The highest BCUT2D eigenvalue weighted by Crippen LogP contribution is 2.17. The number of carbonyl (C=O) groups is 1. The summed E-state index contributed by atoms with van der Waals surface area (Å²) in [6.45, 7) is 4.27. The molecule has 0 fully saturated rings. The monoisotopic (exact) mass is 409 g/mol. The zero-order valence-corrected chi connectivity index (χ0v) is 16.3. The quantitative estimate of drug-likeness (QED) is 0.446. The highest BCUT2D eigenvalue weighted by molar-refractivity contribution is 8.03. The van der Waals surface area contributed by atoms with E-state index in [0.29, 0.717) is 22.4 Å². The lowest BCUT2D eigenvalue weighted by Gasteiger charge is -2.10. The first-order chi connectivity index (χ1) is 12.8. The Kier molecular flexibility index (Phi) is 7.77. The van der Waals surface area contributed by atoms with Gasteiger partial charge in [-0.15, -0.1) is 10.2 Å². The van der Waals surface area contributed by atoms with Crippen molar-refractivity contribution < 1.29 is 9.90 Å². The number of aliphatic hydroxyl groups is 1. The van der Waals surface area contributed by atoms with Crippen molar-refractivity contribution in [2.45, 2.75) is 19.2 Å². The number of nitrogens with zero attached hydrogens (tertiary/aromatic N) is 6. The number of hydrogen-bond acceptors (Lipinski definition) is 7. The molecule has 144 valence electrons. The van der Waals surface area contributed by atoms with Crippen LogP contribution < -0.4 is 5.73 Å². The Labute approximate surface area is 165 Å². The van der Waals surface area contributed by atoms with Gasteiger partial charge in [0.25, 0.3) is 0 Å². The Morgan fingerprint density at radius 1 is 1.52 bits per heavy atom. The molecule has 1 amide bonds. The molecule has 1 aromatic carbocycles. The molecule has 1 atom stereocenters. The molecular formula is C16H20ClN7O2S. The third kappa shape index (κ3) is 7.37. The number of aromatic nitrogens is 4. The second-order valence-corrected chi connectivity index (χ2v) is 7.12. The molecule has 2 rings (SSSR count). The molecule has 11 heteroatoms. The van der Waals surface area contributed by atoms with Crippen LogP contribution in [0.2, 0.25) is 5.02 Å². The van der Waals surface area contributed by atoms with E-state index in [-0.39, 0.29) is 12.3 Å². The van der Waals surface area contributed by atoms with Gasteiger partial charge in [0.05, 0.1) is 30.2 Å². The minimum atomic E-state index is -0.769. The van der Waals surface area contributed by atoms with Crippen LogP contribution in [0.15, 0.2) is 40.9 Å². The van der Waals surface area contributed by atoms with E-state index < -0.39 is 12.0 Å². The summed E-state index contributed by atoms with van der Waals surface area (Å²) in [5.74, 6) is 0.181. The molecule has 27 heavy (non-hydrogen) atoms. The maximum atomic E-state index is 10.7. The van der Waals surface area contributed by atoms with Crippen LogP contribution in [0.1, 0.15) is 17.5 Å². The van der Waals surface area contributed by atoms with Gasteiger partial charge in [-0.05, 0) is 22.9 Å². The first kappa shape index (κ1) is 20.9. The van der Waals surface area contributed by atoms with Gasteiger partial charge < -0.3 is 15.7 Å². The number of primary amides is 1. The normalized spacial score (nSPS) is 12.3. The summed E-state index contributed by atoms with van der Waals surface area (Å²) in [4.78, 5) is 17.9. The van der Waals surface area contributed by atoms with E-state index >= 15 is 0 Å². The highest BCUT2D eigenvalue weighted by atomic mass is 35.5. The Morgan fingerprint density at radius 2 is 2.22 bits per heavy atom. The van der Waals surface area contributed by atoms with Crippen molar-refractivity contribution >= 4 is 35.6 Å². The van der Waals surface area contributed by atoms with Crippen LogP contribution in [0, 0.1) is 0 Å². The molecule has 0 unspecified atom stereocenters. The lowest BCUT2D eigenvalue weighted by atomic mass is 10.1. The number of rotatable bonds is 10. The van der Waals surface area contributed by atoms with Crippen molar-refractivity contribution in [2.24, 2.45) is 10.7 Å². The summed E-state index contributed by atoms with van der Waals surface area (Å²) in [7, 11) is 1.79. The van der Waals surface area contributed by atoms with Crippen LogP contribution in [0.3, 0.4) is 0 Å². The average Bonchev–Trinajstić information content (AvgIpc) is 3.05. The molecule has 2 aromatic rings. The highest BCUT2D eigenvalue weighted by Gasteiger charge is 2.12. The Hall–Kier alpha value is -2.43. The van der Waals surface area contributed by atoms with Gasteiger partial charge in [0, 0.05) is 12.1 Å². The third-order valence-corrected chi connectivity index (χ3v) is 4.38. The van der Waals surface area contributed by atoms with Crippen molar-refractivity contribution in [3.05, 3.63) is 52.3 Å². The van der Waals surface area contributed by atoms with E-state index in [4.69, 9.17) is 17.3 Å². The number of nitrogens with two attached hydrogens (primary N) is 1. The maximum absolute atomic E-state index is 10.7. The Bertz CT molecular complexity index is 809. The predicted molar refractivity (Wildman–Crippen MR) is 105 cm³/mol.